The summed E-state index contributed by atoms with van der Waals surface area (Å²) in [6.07, 6.45) is 4.36. The molecule has 2 bridgehead atoms. The lowest BCUT2D eigenvalue weighted by atomic mass is 9.66. The highest BCUT2D eigenvalue weighted by molar-refractivity contribution is 5.98. The smallest absolute Gasteiger partial charge is 0.312 e. The fraction of sp³-hybridized carbons (Fsp3) is 0.870. The molecule has 3 fully saturated rings. The number of nitrogens with zero attached hydrogens (tertiary/aromatic N) is 1. The van der Waals surface area contributed by atoms with Gasteiger partial charge in [0.25, 0.3) is 0 Å². The van der Waals surface area contributed by atoms with Crippen LogP contribution < -0.4 is 5.32 Å². The number of rotatable bonds is 9. The summed E-state index contributed by atoms with van der Waals surface area (Å²) in [5.41, 5.74) is -2.24. The van der Waals surface area contributed by atoms with Crippen molar-refractivity contribution in [3.63, 3.8) is 0 Å². The summed E-state index contributed by atoms with van der Waals surface area (Å²) < 4.78 is 11.8. The van der Waals surface area contributed by atoms with Gasteiger partial charge >= 0.3 is 5.97 Å². The lowest BCUT2D eigenvalue weighted by Gasteiger charge is -2.35. The molecule has 0 aliphatic carbocycles. The van der Waals surface area contributed by atoms with E-state index in [1.165, 1.54) is 0 Å². The maximum absolute atomic E-state index is 13.7. The Bertz CT molecular complexity index is 719. The predicted molar refractivity (Wildman–Crippen MR) is 114 cm³/mol. The minimum Gasteiger partial charge on any atom is -0.466 e. The molecule has 3 aliphatic heterocycles. The Kier molecular flexibility index (Phi) is 6.73. The Balaban J connectivity index is 1.92. The number of hydrogen-bond acceptors (Lipinski definition) is 6. The molecule has 2 amide bonds. The number of ether oxygens (including phenoxy) is 2. The van der Waals surface area contributed by atoms with Crippen molar-refractivity contribution in [3.05, 3.63) is 0 Å². The van der Waals surface area contributed by atoms with Crippen LogP contribution in [0, 0.1) is 11.8 Å². The number of aliphatic hydroxyl groups is 1. The summed E-state index contributed by atoms with van der Waals surface area (Å²) >= 11 is 0. The predicted octanol–water partition coefficient (Wildman–Crippen LogP) is 1.78. The SMILES string of the molecule is CCOC(=O)[C@H]1[C@H]2C(=O)N(CCCCCCO)C(C(=O)NC(C)(C)C)C23CC[C@]1(C)O3. The second-order valence-corrected chi connectivity index (χ2v) is 10.4. The number of hydrogen-bond donors (Lipinski definition) is 2. The van der Waals surface area contributed by atoms with Gasteiger partial charge in [-0.25, -0.2) is 0 Å². The van der Waals surface area contributed by atoms with Crippen LogP contribution in [0.4, 0.5) is 0 Å². The van der Waals surface area contributed by atoms with Crippen molar-refractivity contribution in [2.24, 2.45) is 11.8 Å². The van der Waals surface area contributed by atoms with Gasteiger partial charge in [-0.15, -0.1) is 0 Å². The molecule has 0 saturated carbocycles. The van der Waals surface area contributed by atoms with Gasteiger partial charge < -0.3 is 24.8 Å². The Hall–Kier alpha value is -1.67. The third kappa shape index (κ3) is 4.21. The maximum Gasteiger partial charge on any atom is 0.312 e. The molecule has 3 rings (SSSR count). The van der Waals surface area contributed by atoms with Crippen LogP contribution in [-0.2, 0) is 23.9 Å². The number of fused-ring (bicyclic) bond motifs is 1. The second kappa shape index (κ2) is 8.70. The summed E-state index contributed by atoms with van der Waals surface area (Å²) in [4.78, 5) is 41.6. The topological polar surface area (TPSA) is 105 Å². The molecule has 0 aromatic rings. The maximum atomic E-state index is 13.7. The summed E-state index contributed by atoms with van der Waals surface area (Å²) in [5, 5.41) is 12.0. The largest absolute Gasteiger partial charge is 0.466 e. The van der Waals surface area contributed by atoms with Gasteiger partial charge in [0.15, 0.2) is 0 Å². The summed E-state index contributed by atoms with van der Waals surface area (Å²) in [5.74, 6) is -2.22. The normalized spacial score (nSPS) is 34.2. The lowest BCUT2D eigenvalue weighted by Crippen LogP contribution is -2.58. The van der Waals surface area contributed by atoms with Crippen LogP contribution in [0.3, 0.4) is 0 Å². The Morgan fingerprint density at radius 2 is 1.90 bits per heavy atom. The van der Waals surface area contributed by atoms with Gasteiger partial charge in [-0.05, 0) is 60.3 Å². The van der Waals surface area contributed by atoms with Crippen LogP contribution >= 0.6 is 0 Å². The number of unbranched alkanes of at least 4 members (excludes halogenated alkanes) is 3. The standard InChI is InChI=1S/C23H38N2O6/c1-6-30-20(29)16-15-19(28)25(13-9-7-8-10-14-26)17(18(27)24-21(2,3)4)23(15)12-11-22(16,5)31-23/h15-17,26H,6-14H2,1-5H3,(H,24,27)/t15-,16+,17?,22-,23?/m0/s1. The first-order chi connectivity index (χ1) is 14.5. The molecule has 2 unspecified atom stereocenters. The number of esters is 1. The van der Waals surface area contributed by atoms with E-state index in [0.717, 1.165) is 25.7 Å². The van der Waals surface area contributed by atoms with Crippen molar-refractivity contribution in [2.45, 2.75) is 95.9 Å². The van der Waals surface area contributed by atoms with Gasteiger partial charge in [0.1, 0.15) is 17.6 Å². The molecule has 31 heavy (non-hydrogen) atoms. The molecule has 3 heterocycles. The van der Waals surface area contributed by atoms with Crippen LogP contribution in [0.25, 0.3) is 0 Å². The van der Waals surface area contributed by atoms with E-state index in [4.69, 9.17) is 14.6 Å². The van der Waals surface area contributed by atoms with Gasteiger partial charge in [0.05, 0.1) is 18.1 Å². The number of amides is 2. The Labute approximate surface area is 185 Å². The van der Waals surface area contributed by atoms with E-state index < -0.39 is 40.6 Å². The Morgan fingerprint density at radius 3 is 2.52 bits per heavy atom. The highest BCUT2D eigenvalue weighted by atomic mass is 16.6. The van der Waals surface area contributed by atoms with Crippen molar-refractivity contribution >= 4 is 17.8 Å². The average molecular weight is 439 g/mol. The van der Waals surface area contributed by atoms with Gasteiger partial charge in [-0.3, -0.25) is 14.4 Å². The van der Waals surface area contributed by atoms with Crippen LogP contribution in [0.5, 0.6) is 0 Å². The van der Waals surface area contributed by atoms with Crippen molar-refractivity contribution in [1.82, 2.24) is 10.2 Å². The van der Waals surface area contributed by atoms with E-state index in [-0.39, 0.29) is 25.0 Å². The zero-order chi connectivity index (χ0) is 23.0. The molecular weight excluding hydrogens is 400 g/mol. The van der Waals surface area contributed by atoms with Crippen molar-refractivity contribution < 1.29 is 29.0 Å². The first-order valence-electron chi connectivity index (χ1n) is 11.6. The van der Waals surface area contributed by atoms with E-state index in [2.05, 4.69) is 5.32 Å². The molecule has 1 spiro atoms. The van der Waals surface area contributed by atoms with Gasteiger partial charge in [0.2, 0.25) is 11.8 Å². The molecule has 2 N–H and O–H groups in total. The van der Waals surface area contributed by atoms with Crippen molar-refractivity contribution in [2.75, 3.05) is 19.8 Å². The number of nitrogens with one attached hydrogen (secondary N) is 1. The van der Waals surface area contributed by atoms with Crippen LogP contribution in [0.2, 0.25) is 0 Å². The molecule has 3 saturated heterocycles. The van der Waals surface area contributed by atoms with Crippen LogP contribution in [0.15, 0.2) is 0 Å². The molecule has 176 valence electrons. The first-order valence-corrected chi connectivity index (χ1v) is 11.6. The van der Waals surface area contributed by atoms with Crippen molar-refractivity contribution in [3.8, 4) is 0 Å². The highest BCUT2D eigenvalue weighted by Gasteiger charge is 2.78. The number of carbonyl (C=O) groups is 3. The molecule has 8 nitrogen and oxygen atoms in total. The lowest BCUT2D eigenvalue weighted by molar-refractivity contribution is -0.159. The highest BCUT2D eigenvalue weighted by Crippen LogP contribution is 2.63. The molecule has 0 radical (unpaired) electrons. The third-order valence-electron chi connectivity index (χ3n) is 6.87. The fourth-order valence-electron chi connectivity index (χ4n) is 5.74. The zero-order valence-electron chi connectivity index (χ0n) is 19.5. The van der Waals surface area contributed by atoms with Crippen LogP contribution in [0.1, 0.15) is 73.1 Å². The number of aliphatic hydroxyl groups excluding tert-OH is 1. The minimum atomic E-state index is -0.996. The van der Waals surface area contributed by atoms with E-state index >= 15 is 0 Å². The number of carbonyl (C=O) groups excluding carboxylic acids is 3. The van der Waals surface area contributed by atoms with Gasteiger partial charge in [-0.2, -0.15) is 0 Å². The van der Waals surface area contributed by atoms with E-state index in [1.807, 2.05) is 27.7 Å². The summed E-state index contributed by atoms with van der Waals surface area (Å²) in [6.45, 7) is 10.2. The quantitative estimate of drug-likeness (QED) is 0.420. The molecule has 0 aromatic heterocycles. The zero-order valence-corrected chi connectivity index (χ0v) is 19.5. The summed E-state index contributed by atoms with van der Waals surface area (Å²) in [7, 11) is 0. The molecule has 0 aromatic carbocycles. The second-order valence-electron chi connectivity index (χ2n) is 10.4. The van der Waals surface area contributed by atoms with E-state index in [0.29, 0.717) is 19.4 Å². The first kappa shape index (κ1) is 24.0. The van der Waals surface area contributed by atoms with E-state index in [9.17, 15) is 14.4 Å². The Morgan fingerprint density at radius 1 is 1.23 bits per heavy atom. The molecule has 3 aliphatic rings. The molecule has 5 atom stereocenters. The third-order valence-corrected chi connectivity index (χ3v) is 6.87. The molecular formula is C23H38N2O6. The average Bonchev–Trinajstić information content (AvgIpc) is 3.21. The number of likely N-dealkylation sites (tertiary alicyclic amines) is 1. The fourth-order valence-corrected chi connectivity index (χ4v) is 5.74. The van der Waals surface area contributed by atoms with E-state index in [1.54, 1.807) is 11.8 Å². The summed E-state index contributed by atoms with van der Waals surface area (Å²) in [6, 6.07) is -0.761. The van der Waals surface area contributed by atoms with Gasteiger partial charge in [-0.1, -0.05) is 12.8 Å². The monoisotopic (exact) mass is 438 g/mol. The van der Waals surface area contributed by atoms with Gasteiger partial charge in [0, 0.05) is 18.7 Å². The minimum absolute atomic E-state index is 0.151. The van der Waals surface area contributed by atoms with Crippen LogP contribution in [-0.4, -0.2) is 70.3 Å². The van der Waals surface area contributed by atoms with Crippen molar-refractivity contribution in [1.29, 1.82) is 0 Å². The molecule has 8 heteroatoms.